The Kier molecular flexibility index (Phi) is 3.66. The molecular formula is C12H15N3O4. The van der Waals surface area contributed by atoms with E-state index in [4.69, 9.17) is 5.11 Å². The van der Waals surface area contributed by atoms with Crippen LogP contribution in [-0.2, 0) is 4.79 Å². The third-order valence-electron chi connectivity index (χ3n) is 3.07. The van der Waals surface area contributed by atoms with Crippen molar-refractivity contribution in [2.24, 2.45) is 0 Å². The fourth-order valence-electron chi connectivity index (χ4n) is 2.08. The van der Waals surface area contributed by atoms with Gasteiger partial charge >= 0.3 is 12.0 Å². The number of carbonyl (C=O) groups excluding carboxylic acids is 1. The van der Waals surface area contributed by atoms with E-state index >= 15 is 0 Å². The van der Waals surface area contributed by atoms with E-state index in [1.54, 1.807) is 25.3 Å². The predicted octanol–water partition coefficient (Wildman–Crippen LogP) is 0.442. The number of carboxylic acids is 1. The molecule has 0 spiro atoms. The number of aromatic nitrogens is 1. The molecule has 1 unspecified atom stereocenters. The standard InChI is InChI=1S/C12H15N3O4/c1-7-9(3-2-4-13-7)14-12(19)15-6-8(16)5-10(15)11(17)18/h2-4,8,10,16H,5-6H2,1H3,(H,14,19)(H,17,18)/t8?,10-/m0/s1. The van der Waals surface area contributed by atoms with E-state index in [2.05, 4.69) is 10.3 Å². The smallest absolute Gasteiger partial charge is 0.326 e. The van der Waals surface area contributed by atoms with Gasteiger partial charge in [-0.1, -0.05) is 0 Å². The van der Waals surface area contributed by atoms with Gasteiger partial charge in [-0.15, -0.1) is 0 Å². The minimum Gasteiger partial charge on any atom is -0.480 e. The fraction of sp³-hybridized carbons (Fsp3) is 0.417. The number of aliphatic hydroxyl groups excluding tert-OH is 1. The molecule has 19 heavy (non-hydrogen) atoms. The molecule has 1 saturated heterocycles. The largest absolute Gasteiger partial charge is 0.480 e. The number of carbonyl (C=O) groups is 2. The lowest BCUT2D eigenvalue weighted by Gasteiger charge is -2.21. The molecule has 1 aliphatic rings. The van der Waals surface area contributed by atoms with Crippen molar-refractivity contribution in [1.29, 1.82) is 0 Å². The number of nitrogens with zero attached hydrogens (tertiary/aromatic N) is 2. The Morgan fingerprint density at radius 1 is 1.53 bits per heavy atom. The van der Waals surface area contributed by atoms with E-state index in [-0.39, 0.29) is 13.0 Å². The number of hydrogen-bond acceptors (Lipinski definition) is 4. The van der Waals surface area contributed by atoms with Crippen molar-refractivity contribution in [3.05, 3.63) is 24.0 Å². The zero-order valence-corrected chi connectivity index (χ0v) is 10.4. The number of hydrogen-bond donors (Lipinski definition) is 3. The quantitative estimate of drug-likeness (QED) is 0.720. The molecule has 3 N–H and O–H groups in total. The molecule has 0 aromatic carbocycles. The highest BCUT2D eigenvalue weighted by molar-refractivity contribution is 5.93. The number of pyridine rings is 1. The van der Waals surface area contributed by atoms with Crippen LogP contribution in [0.15, 0.2) is 18.3 Å². The molecule has 2 amide bonds. The van der Waals surface area contributed by atoms with Crippen molar-refractivity contribution in [2.45, 2.75) is 25.5 Å². The third kappa shape index (κ3) is 2.82. The Morgan fingerprint density at radius 3 is 2.89 bits per heavy atom. The van der Waals surface area contributed by atoms with E-state index in [1.807, 2.05) is 0 Å². The first-order valence-corrected chi connectivity index (χ1v) is 5.89. The lowest BCUT2D eigenvalue weighted by Crippen LogP contribution is -2.43. The molecule has 1 aromatic heterocycles. The summed E-state index contributed by atoms with van der Waals surface area (Å²) in [5, 5.41) is 21.1. The van der Waals surface area contributed by atoms with Crippen molar-refractivity contribution < 1.29 is 19.8 Å². The average molecular weight is 265 g/mol. The number of amides is 2. The van der Waals surface area contributed by atoms with Crippen molar-refractivity contribution >= 4 is 17.7 Å². The van der Waals surface area contributed by atoms with Crippen molar-refractivity contribution in [3.63, 3.8) is 0 Å². The molecule has 2 atom stereocenters. The molecule has 7 nitrogen and oxygen atoms in total. The molecule has 0 radical (unpaired) electrons. The first-order valence-electron chi connectivity index (χ1n) is 5.89. The van der Waals surface area contributed by atoms with Gasteiger partial charge < -0.3 is 20.4 Å². The maximum Gasteiger partial charge on any atom is 0.326 e. The Labute approximate surface area is 109 Å². The van der Waals surface area contributed by atoms with Crippen LogP contribution in [0.2, 0.25) is 0 Å². The van der Waals surface area contributed by atoms with Crippen LogP contribution < -0.4 is 5.32 Å². The summed E-state index contributed by atoms with van der Waals surface area (Å²) < 4.78 is 0. The van der Waals surface area contributed by atoms with Crippen LogP contribution >= 0.6 is 0 Å². The monoisotopic (exact) mass is 265 g/mol. The number of carboxylic acid groups (broad SMARTS) is 1. The number of β-amino-alcohol motifs (C(OH)–C–C–N with tert-alkyl or cyclic N) is 1. The van der Waals surface area contributed by atoms with Gasteiger partial charge in [-0.25, -0.2) is 9.59 Å². The minimum absolute atomic E-state index is 0.0160. The van der Waals surface area contributed by atoms with Crippen molar-refractivity contribution in [1.82, 2.24) is 9.88 Å². The lowest BCUT2D eigenvalue weighted by atomic mass is 10.2. The van der Waals surface area contributed by atoms with Gasteiger partial charge in [-0.2, -0.15) is 0 Å². The molecule has 102 valence electrons. The normalized spacial score (nSPS) is 22.3. The van der Waals surface area contributed by atoms with Crippen LogP contribution in [0.1, 0.15) is 12.1 Å². The first-order chi connectivity index (χ1) is 8.99. The van der Waals surface area contributed by atoms with Gasteiger partial charge in [0, 0.05) is 19.2 Å². The van der Waals surface area contributed by atoms with Crippen LogP contribution in [0.3, 0.4) is 0 Å². The van der Waals surface area contributed by atoms with Gasteiger partial charge in [0.2, 0.25) is 0 Å². The van der Waals surface area contributed by atoms with Crippen LogP contribution in [0.25, 0.3) is 0 Å². The number of aryl methyl sites for hydroxylation is 1. The van der Waals surface area contributed by atoms with Gasteiger partial charge in [0.15, 0.2) is 0 Å². The number of rotatable bonds is 2. The third-order valence-corrected chi connectivity index (χ3v) is 3.07. The highest BCUT2D eigenvalue weighted by atomic mass is 16.4. The summed E-state index contributed by atoms with van der Waals surface area (Å²) in [7, 11) is 0. The zero-order valence-electron chi connectivity index (χ0n) is 10.4. The van der Waals surface area contributed by atoms with Gasteiger partial charge in [0.25, 0.3) is 0 Å². The van der Waals surface area contributed by atoms with Gasteiger partial charge in [-0.05, 0) is 19.1 Å². The molecule has 1 aromatic rings. The van der Waals surface area contributed by atoms with Crippen molar-refractivity contribution in [2.75, 3.05) is 11.9 Å². The second-order valence-electron chi connectivity index (χ2n) is 4.46. The average Bonchev–Trinajstić information content (AvgIpc) is 2.74. The van der Waals surface area contributed by atoms with Crippen molar-refractivity contribution in [3.8, 4) is 0 Å². The highest BCUT2D eigenvalue weighted by Gasteiger charge is 2.39. The Balaban J connectivity index is 2.11. The Bertz CT molecular complexity index is 506. The number of aliphatic carboxylic acids is 1. The Morgan fingerprint density at radius 2 is 2.26 bits per heavy atom. The molecule has 2 rings (SSSR count). The van der Waals surface area contributed by atoms with E-state index in [0.717, 1.165) is 4.90 Å². The molecule has 0 saturated carbocycles. The number of nitrogens with one attached hydrogen (secondary N) is 1. The summed E-state index contributed by atoms with van der Waals surface area (Å²) in [6.45, 7) is 1.76. The topological polar surface area (TPSA) is 103 Å². The second kappa shape index (κ2) is 5.23. The van der Waals surface area contributed by atoms with Gasteiger partial charge in [0.05, 0.1) is 17.5 Å². The molecule has 1 aliphatic heterocycles. The highest BCUT2D eigenvalue weighted by Crippen LogP contribution is 2.20. The van der Waals surface area contributed by atoms with E-state index in [0.29, 0.717) is 11.4 Å². The summed E-state index contributed by atoms with van der Waals surface area (Å²) in [6, 6.07) is 1.82. The summed E-state index contributed by atoms with van der Waals surface area (Å²) in [5.41, 5.74) is 1.17. The van der Waals surface area contributed by atoms with E-state index < -0.39 is 24.1 Å². The van der Waals surface area contributed by atoms with Crippen LogP contribution in [0, 0.1) is 6.92 Å². The number of aliphatic hydroxyl groups is 1. The summed E-state index contributed by atoms with van der Waals surface area (Å²) in [6.07, 6.45) is 0.848. The fourth-order valence-corrected chi connectivity index (χ4v) is 2.08. The summed E-state index contributed by atoms with van der Waals surface area (Å²) in [5.74, 6) is -1.12. The maximum atomic E-state index is 12.0. The van der Waals surface area contributed by atoms with Crippen LogP contribution in [-0.4, -0.2) is 50.8 Å². The lowest BCUT2D eigenvalue weighted by molar-refractivity contribution is -0.141. The Hall–Kier alpha value is -2.15. The molecular weight excluding hydrogens is 250 g/mol. The minimum atomic E-state index is -1.12. The summed E-state index contributed by atoms with van der Waals surface area (Å²) in [4.78, 5) is 28.2. The van der Waals surface area contributed by atoms with Gasteiger partial charge in [0.1, 0.15) is 6.04 Å². The predicted molar refractivity (Wildman–Crippen MR) is 66.7 cm³/mol. The zero-order chi connectivity index (χ0) is 14.0. The SMILES string of the molecule is Cc1ncccc1NC(=O)N1CC(O)C[C@H]1C(=O)O. The number of urea groups is 1. The molecule has 2 heterocycles. The molecule has 7 heteroatoms. The number of anilines is 1. The maximum absolute atomic E-state index is 12.0. The number of likely N-dealkylation sites (tertiary alicyclic amines) is 1. The molecule has 1 fully saturated rings. The molecule has 0 aliphatic carbocycles. The summed E-state index contributed by atoms with van der Waals surface area (Å²) >= 11 is 0. The van der Waals surface area contributed by atoms with E-state index in [1.165, 1.54) is 0 Å². The van der Waals surface area contributed by atoms with Crippen LogP contribution in [0.5, 0.6) is 0 Å². The first kappa shape index (κ1) is 13.3. The molecule has 0 bridgehead atoms. The van der Waals surface area contributed by atoms with Gasteiger partial charge in [-0.3, -0.25) is 4.98 Å². The van der Waals surface area contributed by atoms with Crippen LogP contribution in [0.4, 0.5) is 10.5 Å². The van der Waals surface area contributed by atoms with E-state index in [9.17, 15) is 14.7 Å². The second-order valence-corrected chi connectivity index (χ2v) is 4.46.